The first-order valence-electron chi connectivity index (χ1n) is 17.0. The van der Waals surface area contributed by atoms with Crippen molar-refractivity contribution in [1.82, 2.24) is 29.3 Å². The number of benzene rings is 1. The van der Waals surface area contributed by atoms with Crippen molar-refractivity contribution < 1.29 is 19.0 Å². The van der Waals surface area contributed by atoms with E-state index in [0.29, 0.717) is 36.4 Å². The quantitative estimate of drug-likeness (QED) is 0.383. The van der Waals surface area contributed by atoms with Gasteiger partial charge in [0, 0.05) is 67.7 Å². The van der Waals surface area contributed by atoms with Crippen LogP contribution in [-0.2, 0) is 27.9 Å². The smallest absolute Gasteiger partial charge is 0.350 e. The molecule has 7 rings (SSSR count). The monoisotopic (exact) mass is 649 g/mol. The summed E-state index contributed by atoms with van der Waals surface area (Å²) in [5, 5.41) is 18.9. The van der Waals surface area contributed by atoms with Gasteiger partial charge in [-0.25, -0.2) is 18.3 Å². The van der Waals surface area contributed by atoms with Crippen molar-refractivity contribution >= 4 is 17.2 Å². The molecule has 47 heavy (non-hydrogen) atoms. The number of carbonyl (C=O) groups is 1. The Morgan fingerprint density at radius 2 is 1.87 bits per heavy atom. The fourth-order valence-corrected chi connectivity index (χ4v) is 8.20. The highest BCUT2D eigenvalue weighted by molar-refractivity contribution is 5.98. The van der Waals surface area contributed by atoms with E-state index in [1.165, 1.54) is 29.7 Å². The van der Waals surface area contributed by atoms with Crippen molar-refractivity contribution in [2.75, 3.05) is 50.8 Å². The minimum Gasteiger partial charge on any atom is -0.389 e. The molecule has 6 heterocycles. The highest BCUT2D eigenvalue weighted by atomic mass is 19.1. The summed E-state index contributed by atoms with van der Waals surface area (Å²) in [5.41, 5.74) is 1.52. The summed E-state index contributed by atoms with van der Waals surface area (Å²) in [7, 11) is 0. The van der Waals surface area contributed by atoms with Gasteiger partial charge in [0.2, 0.25) is 5.91 Å². The van der Waals surface area contributed by atoms with Crippen LogP contribution in [0.3, 0.4) is 0 Å². The summed E-state index contributed by atoms with van der Waals surface area (Å²) in [6.07, 6.45) is 2.73. The first-order valence-corrected chi connectivity index (χ1v) is 17.0. The molecule has 1 amide bonds. The largest absolute Gasteiger partial charge is 0.389 e. The number of anilines is 1. The Hall–Kier alpha value is -3.16. The number of amides is 1. The van der Waals surface area contributed by atoms with E-state index in [0.717, 1.165) is 49.7 Å². The molecular weight excluding hydrogens is 601 g/mol. The van der Waals surface area contributed by atoms with E-state index in [-0.39, 0.29) is 42.6 Å². The zero-order valence-corrected chi connectivity index (χ0v) is 28.2. The van der Waals surface area contributed by atoms with Crippen molar-refractivity contribution in [3.05, 3.63) is 63.5 Å². The molecule has 254 valence electrons. The SMILES string of the molecule is C[C@@H]1CN(CC(=O)N2CC(C)(C)c3c2cc(Cc2ccc(F)cc2)c2nn(CC(C)(C)O)c(=O)n32)[C@@H](CN2C3CCC2COC3)CN1. The standard InChI is InChI=1S/C35H48FN7O4/c1-22-15-39(28(14-37-22)16-40-26-10-11-27(40)19-47-18-26)17-30(44)41-20-34(2,3)31-29(41)13-24(12-23-6-8-25(36)9-7-23)32-38-42(21-35(4,5)46)33(45)43(31)32/h6-9,13,22,26-28,37,46H,10-12,14-21H2,1-5H3/t22-,26?,27?,28-/m1/s1. The van der Waals surface area contributed by atoms with E-state index in [1.807, 2.05) is 11.0 Å². The van der Waals surface area contributed by atoms with Crippen LogP contribution in [-0.4, -0.2) is 111 Å². The van der Waals surface area contributed by atoms with Gasteiger partial charge >= 0.3 is 5.69 Å². The summed E-state index contributed by atoms with van der Waals surface area (Å²) >= 11 is 0. The maximum atomic E-state index is 14.4. The average Bonchev–Trinajstić information content (AvgIpc) is 3.53. The number of hydrogen-bond acceptors (Lipinski definition) is 8. The molecule has 2 unspecified atom stereocenters. The van der Waals surface area contributed by atoms with Gasteiger partial charge in [-0.15, -0.1) is 5.10 Å². The van der Waals surface area contributed by atoms with Crippen LogP contribution in [0.1, 0.15) is 64.3 Å². The topological polar surface area (TPSA) is 108 Å². The van der Waals surface area contributed by atoms with Crippen LogP contribution in [0, 0.1) is 5.82 Å². The predicted octanol–water partition coefficient (Wildman–Crippen LogP) is 2.15. The summed E-state index contributed by atoms with van der Waals surface area (Å²) in [4.78, 5) is 35.2. The Labute approximate surface area is 275 Å². The van der Waals surface area contributed by atoms with Crippen LogP contribution in [0.4, 0.5) is 10.1 Å². The van der Waals surface area contributed by atoms with Crippen molar-refractivity contribution in [1.29, 1.82) is 0 Å². The number of rotatable bonds is 8. The van der Waals surface area contributed by atoms with Gasteiger partial charge in [-0.05, 0) is 57.4 Å². The maximum absolute atomic E-state index is 14.4. The molecule has 3 saturated heterocycles. The van der Waals surface area contributed by atoms with Crippen molar-refractivity contribution in [3.63, 3.8) is 0 Å². The lowest BCUT2D eigenvalue weighted by Gasteiger charge is -2.44. The molecule has 2 N–H and O–H groups in total. The molecule has 0 spiro atoms. The minimum absolute atomic E-state index is 0.00453. The molecule has 0 saturated carbocycles. The molecule has 2 aromatic heterocycles. The van der Waals surface area contributed by atoms with E-state index in [2.05, 4.69) is 35.9 Å². The highest BCUT2D eigenvalue weighted by Crippen LogP contribution is 2.42. The third-order valence-electron chi connectivity index (χ3n) is 10.4. The molecule has 3 fully saturated rings. The van der Waals surface area contributed by atoms with Gasteiger partial charge in [-0.3, -0.25) is 14.6 Å². The van der Waals surface area contributed by atoms with Crippen LogP contribution in [0.15, 0.2) is 35.1 Å². The summed E-state index contributed by atoms with van der Waals surface area (Å²) in [5.74, 6) is -0.316. The fourth-order valence-electron chi connectivity index (χ4n) is 8.20. The number of aliphatic hydroxyl groups is 1. The van der Waals surface area contributed by atoms with Crippen LogP contribution < -0.4 is 15.9 Å². The normalized spacial score (nSPS) is 26.3. The van der Waals surface area contributed by atoms with Gasteiger partial charge in [0.1, 0.15) is 5.82 Å². The second kappa shape index (κ2) is 12.1. The van der Waals surface area contributed by atoms with E-state index in [1.54, 1.807) is 30.4 Å². The molecule has 4 aliphatic rings. The average molecular weight is 650 g/mol. The van der Waals surface area contributed by atoms with Gasteiger partial charge in [0.25, 0.3) is 0 Å². The van der Waals surface area contributed by atoms with Gasteiger partial charge in [-0.1, -0.05) is 26.0 Å². The number of carbonyl (C=O) groups excluding carboxylic acids is 1. The Morgan fingerprint density at radius 1 is 1.17 bits per heavy atom. The first kappa shape index (κ1) is 32.4. The molecule has 11 nitrogen and oxygen atoms in total. The zero-order chi connectivity index (χ0) is 33.2. The number of piperazine rings is 1. The molecule has 4 atom stereocenters. The second-order valence-electron chi connectivity index (χ2n) is 15.5. The number of fused-ring (bicyclic) bond motifs is 5. The van der Waals surface area contributed by atoms with E-state index in [9.17, 15) is 19.1 Å². The van der Waals surface area contributed by atoms with Gasteiger partial charge in [0.15, 0.2) is 5.65 Å². The molecule has 2 bridgehead atoms. The summed E-state index contributed by atoms with van der Waals surface area (Å²) in [6, 6.07) is 9.66. The number of morpholine rings is 1. The van der Waals surface area contributed by atoms with E-state index < -0.39 is 11.0 Å². The lowest BCUT2D eigenvalue weighted by Crippen LogP contribution is -2.62. The number of pyridine rings is 1. The molecule has 0 aliphatic carbocycles. The van der Waals surface area contributed by atoms with Gasteiger partial charge in [0.05, 0.1) is 43.3 Å². The van der Waals surface area contributed by atoms with Crippen LogP contribution >= 0.6 is 0 Å². The molecular formula is C35H48FN7O4. The van der Waals surface area contributed by atoms with Crippen LogP contribution in [0.25, 0.3) is 5.65 Å². The molecule has 4 aliphatic heterocycles. The second-order valence-corrected chi connectivity index (χ2v) is 15.5. The molecule has 3 aromatic rings. The Balaban J connectivity index is 1.24. The van der Waals surface area contributed by atoms with Crippen molar-refractivity contribution in [2.45, 2.75) is 95.6 Å². The summed E-state index contributed by atoms with van der Waals surface area (Å²) < 4.78 is 22.6. The number of nitrogens with zero attached hydrogens (tertiary/aromatic N) is 6. The summed E-state index contributed by atoms with van der Waals surface area (Å²) in [6.45, 7) is 14.4. The molecule has 1 aromatic carbocycles. The highest BCUT2D eigenvalue weighted by Gasteiger charge is 2.44. The Bertz CT molecular complexity index is 1700. The van der Waals surface area contributed by atoms with Crippen molar-refractivity contribution in [3.8, 4) is 0 Å². The number of hydrogen-bond donors (Lipinski definition) is 2. The minimum atomic E-state index is -1.16. The van der Waals surface area contributed by atoms with Crippen LogP contribution in [0.2, 0.25) is 0 Å². The van der Waals surface area contributed by atoms with E-state index >= 15 is 0 Å². The van der Waals surface area contributed by atoms with Crippen molar-refractivity contribution in [2.24, 2.45) is 0 Å². The van der Waals surface area contributed by atoms with Crippen LogP contribution in [0.5, 0.6) is 0 Å². The number of aromatic nitrogens is 3. The Kier molecular flexibility index (Phi) is 8.31. The lowest BCUT2D eigenvalue weighted by molar-refractivity contribution is -0.121. The number of ether oxygens (including phenoxy) is 1. The lowest BCUT2D eigenvalue weighted by atomic mass is 9.90. The van der Waals surface area contributed by atoms with Gasteiger partial charge < -0.3 is 20.1 Å². The first-order chi connectivity index (χ1) is 22.3. The number of nitrogens with one attached hydrogen (secondary N) is 1. The van der Waals surface area contributed by atoms with E-state index in [4.69, 9.17) is 9.84 Å². The van der Waals surface area contributed by atoms with Gasteiger partial charge in [-0.2, -0.15) is 0 Å². The predicted molar refractivity (Wildman–Crippen MR) is 177 cm³/mol. The fraction of sp³-hybridized carbons (Fsp3) is 0.629. The third kappa shape index (κ3) is 6.26. The Morgan fingerprint density at radius 3 is 2.55 bits per heavy atom. The molecule has 12 heteroatoms. The third-order valence-corrected chi connectivity index (χ3v) is 10.4. The number of halogens is 1. The maximum Gasteiger partial charge on any atom is 0.350 e. The zero-order valence-electron chi connectivity index (χ0n) is 28.2. The molecule has 0 radical (unpaired) electrons.